The number of benzene rings is 2. The molecule has 1 amide bonds. The number of phenols is 1. The van der Waals surface area contributed by atoms with Crippen molar-refractivity contribution >= 4 is 5.91 Å². The summed E-state index contributed by atoms with van der Waals surface area (Å²) in [4.78, 5) is 19.9. The molecule has 0 bridgehead atoms. The largest absolute Gasteiger partial charge is 0.508 e. The van der Waals surface area contributed by atoms with E-state index in [-0.39, 0.29) is 23.6 Å². The van der Waals surface area contributed by atoms with Crippen LogP contribution in [0.15, 0.2) is 54.6 Å². The molecule has 30 heavy (non-hydrogen) atoms. The quantitative estimate of drug-likeness (QED) is 0.804. The van der Waals surface area contributed by atoms with Crippen LogP contribution in [-0.4, -0.2) is 81.2 Å². The summed E-state index contributed by atoms with van der Waals surface area (Å²) >= 11 is 0. The van der Waals surface area contributed by atoms with Gasteiger partial charge in [-0.05, 0) is 18.1 Å². The number of likely N-dealkylation sites (tertiary alicyclic amines) is 1. The van der Waals surface area contributed by atoms with E-state index in [2.05, 4.69) is 9.80 Å². The fourth-order valence-electron chi connectivity index (χ4n) is 5.55. The average molecular weight is 408 g/mol. The molecular formula is C24H29N3O3. The number of aromatic hydroxyl groups is 1. The number of carbonyl (C=O) groups excluding carboxylic acids is 1. The number of hydrogen-bond acceptors (Lipinski definition) is 5. The molecule has 0 unspecified atom stereocenters. The van der Waals surface area contributed by atoms with Crippen molar-refractivity contribution in [1.29, 1.82) is 0 Å². The fraction of sp³-hybridized carbons (Fsp3) is 0.458. The van der Waals surface area contributed by atoms with Gasteiger partial charge in [0.1, 0.15) is 5.75 Å². The number of fused-ring (bicyclic) bond motifs is 2. The highest BCUT2D eigenvalue weighted by atomic mass is 16.3. The van der Waals surface area contributed by atoms with Crippen LogP contribution in [0.5, 0.6) is 5.75 Å². The van der Waals surface area contributed by atoms with Gasteiger partial charge in [-0.25, -0.2) is 0 Å². The highest BCUT2D eigenvalue weighted by molar-refractivity contribution is 5.79. The molecule has 0 aromatic heterocycles. The second-order valence-electron chi connectivity index (χ2n) is 9.13. The Morgan fingerprint density at radius 1 is 1.00 bits per heavy atom. The number of aliphatic hydroxyl groups excluding tert-OH is 1. The normalized spacial score (nSPS) is 25.8. The van der Waals surface area contributed by atoms with Crippen molar-refractivity contribution in [3.8, 4) is 5.75 Å². The van der Waals surface area contributed by atoms with Gasteiger partial charge in [-0.3, -0.25) is 14.6 Å². The minimum absolute atomic E-state index is 0.100. The molecule has 6 heteroatoms. The van der Waals surface area contributed by atoms with Crippen molar-refractivity contribution in [3.63, 3.8) is 0 Å². The third kappa shape index (κ3) is 3.60. The molecule has 5 rings (SSSR count). The molecule has 0 radical (unpaired) electrons. The molecule has 2 N–H and O–H groups in total. The summed E-state index contributed by atoms with van der Waals surface area (Å²) in [5.41, 5.74) is 1.87. The molecule has 6 nitrogen and oxygen atoms in total. The molecule has 158 valence electrons. The lowest BCUT2D eigenvalue weighted by molar-refractivity contribution is -0.150. The van der Waals surface area contributed by atoms with Crippen LogP contribution in [0.3, 0.4) is 0 Å². The van der Waals surface area contributed by atoms with Gasteiger partial charge in [0.05, 0.1) is 18.1 Å². The summed E-state index contributed by atoms with van der Waals surface area (Å²) < 4.78 is 0. The van der Waals surface area contributed by atoms with Crippen LogP contribution in [0, 0.1) is 0 Å². The Bertz CT molecular complexity index is 913. The van der Waals surface area contributed by atoms with E-state index in [1.807, 2.05) is 53.4 Å². The molecule has 3 saturated heterocycles. The zero-order valence-corrected chi connectivity index (χ0v) is 17.2. The van der Waals surface area contributed by atoms with Crippen LogP contribution in [0.4, 0.5) is 0 Å². The second kappa shape index (κ2) is 7.69. The Morgan fingerprint density at radius 2 is 1.73 bits per heavy atom. The monoisotopic (exact) mass is 407 g/mol. The summed E-state index contributed by atoms with van der Waals surface area (Å²) in [6, 6.07) is 17.6. The van der Waals surface area contributed by atoms with Crippen LogP contribution in [0.1, 0.15) is 17.5 Å². The molecule has 2 atom stereocenters. The lowest BCUT2D eigenvalue weighted by Crippen LogP contribution is -2.78. The highest BCUT2D eigenvalue weighted by Crippen LogP contribution is 2.40. The highest BCUT2D eigenvalue weighted by Gasteiger charge is 2.56. The van der Waals surface area contributed by atoms with Crippen molar-refractivity contribution in [2.75, 3.05) is 32.7 Å². The minimum atomic E-state index is -0.316. The predicted molar refractivity (Wildman–Crippen MR) is 114 cm³/mol. The molecule has 2 aromatic carbocycles. The molecule has 2 aromatic rings. The Morgan fingerprint density at radius 3 is 2.50 bits per heavy atom. The number of phenolic OH excluding ortho intramolecular Hbond substituents is 1. The third-order valence-electron chi connectivity index (χ3n) is 6.89. The van der Waals surface area contributed by atoms with E-state index >= 15 is 0 Å². The first-order valence-corrected chi connectivity index (χ1v) is 10.8. The van der Waals surface area contributed by atoms with Crippen molar-refractivity contribution in [3.05, 3.63) is 65.7 Å². The number of aliphatic hydroxyl groups is 1. The first-order valence-electron chi connectivity index (χ1n) is 10.8. The van der Waals surface area contributed by atoms with E-state index in [9.17, 15) is 15.0 Å². The average Bonchev–Trinajstić information content (AvgIpc) is 3.09. The van der Waals surface area contributed by atoms with E-state index in [1.165, 1.54) is 0 Å². The number of carbonyl (C=O) groups is 1. The van der Waals surface area contributed by atoms with Gasteiger partial charge >= 0.3 is 0 Å². The van der Waals surface area contributed by atoms with Gasteiger partial charge in [0, 0.05) is 50.9 Å². The number of β-amino-alcohol motifs (C(OH)–C–C–N with tert-alkyl or cyclic N) is 1. The Labute approximate surface area is 177 Å². The number of nitrogens with zero attached hydrogens (tertiary/aromatic N) is 3. The van der Waals surface area contributed by atoms with E-state index in [4.69, 9.17) is 0 Å². The maximum absolute atomic E-state index is 13.1. The van der Waals surface area contributed by atoms with Crippen LogP contribution in [0.25, 0.3) is 0 Å². The Kier molecular flexibility index (Phi) is 5.01. The van der Waals surface area contributed by atoms with Crippen molar-refractivity contribution in [2.45, 2.75) is 37.1 Å². The van der Waals surface area contributed by atoms with Crippen molar-refractivity contribution in [2.24, 2.45) is 0 Å². The summed E-state index contributed by atoms with van der Waals surface area (Å²) in [5, 5.41) is 20.4. The minimum Gasteiger partial charge on any atom is -0.508 e. The number of para-hydroxylation sites is 1. The SMILES string of the molecule is O=C(Cc1ccccc1)N1C[C@@H]2C[C@@H](O)CN2C2(CN(Cc3ccccc3O)C2)C1. The first kappa shape index (κ1) is 19.5. The van der Waals surface area contributed by atoms with Crippen LogP contribution < -0.4 is 0 Å². The van der Waals surface area contributed by atoms with E-state index in [0.717, 1.165) is 30.6 Å². The number of hydrogen-bond donors (Lipinski definition) is 2. The van der Waals surface area contributed by atoms with Crippen LogP contribution in [0.2, 0.25) is 0 Å². The molecule has 0 aliphatic carbocycles. The Balaban J connectivity index is 1.30. The van der Waals surface area contributed by atoms with Crippen molar-refractivity contribution in [1.82, 2.24) is 14.7 Å². The zero-order valence-electron chi connectivity index (χ0n) is 17.2. The lowest BCUT2D eigenvalue weighted by Gasteiger charge is -2.61. The Hall–Kier alpha value is -2.41. The maximum atomic E-state index is 13.1. The van der Waals surface area contributed by atoms with E-state index in [1.54, 1.807) is 6.07 Å². The van der Waals surface area contributed by atoms with Crippen molar-refractivity contribution < 1.29 is 15.0 Å². The van der Waals surface area contributed by atoms with Gasteiger partial charge in [0.2, 0.25) is 5.91 Å². The molecular weight excluding hydrogens is 378 g/mol. The van der Waals surface area contributed by atoms with Gasteiger partial charge in [-0.1, -0.05) is 48.5 Å². The molecule has 3 heterocycles. The summed E-state index contributed by atoms with van der Waals surface area (Å²) in [5.74, 6) is 0.497. The lowest BCUT2D eigenvalue weighted by atomic mass is 9.83. The zero-order chi connectivity index (χ0) is 20.7. The van der Waals surface area contributed by atoms with Gasteiger partial charge in [0.15, 0.2) is 0 Å². The fourth-order valence-corrected chi connectivity index (χ4v) is 5.55. The predicted octanol–water partition coefficient (Wildman–Crippen LogP) is 1.47. The molecule has 3 fully saturated rings. The first-order chi connectivity index (χ1) is 14.5. The number of piperazine rings is 1. The number of amides is 1. The van der Waals surface area contributed by atoms with Gasteiger partial charge < -0.3 is 15.1 Å². The van der Waals surface area contributed by atoms with Crippen LogP contribution in [-0.2, 0) is 17.8 Å². The van der Waals surface area contributed by atoms with Gasteiger partial charge in [-0.15, -0.1) is 0 Å². The molecule has 0 saturated carbocycles. The maximum Gasteiger partial charge on any atom is 0.227 e. The number of rotatable bonds is 4. The summed E-state index contributed by atoms with van der Waals surface area (Å²) in [6.07, 6.45) is 0.840. The summed E-state index contributed by atoms with van der Waals surface area (Å²) in [7, 11) is 0. The molecule has 3 aliphatic heterocycles. The van der Waals surface area contributed by atoms with E-state index in [0.29, 0.717) is 38.3 Å². The van der Waals surface area contributed by atoms with Crippen LogP contribution >= 0.6 is 0 Å². The summed E-state index contributed by atoms with van der Waals surface area (Å²) in [6.45, 7) is 4.49. The van der Waals surface area contributed by atoms with Gasteiger partial charge in [0.25, 0.3) is 0 Å². The van der Waals surface area contributed by atoms with Gasteiger partial charge in [-0.2, -0.15) is 0 Å². The third-order valence-corrected chi connectivity index (χ3v) is 6.89. The molecule has 3 aliphatic rings. The van der Waals surface area contributed by atoms with E-state index < -0.39 is 0 Å². The topological polar surface area (TPSA) is 67.3 Å². The smallest absolute Gasteiger partial charge is 0.227 e. The second-order valence-corrected chi connectivity index (χ2v) is 9.13. The standard InChI is InChI=1S/C24H29N3O3/c28-21-11-20-13-26(23(30)10-18-6-2-1-3-7-18)17-24(27(20)14-21)15-25(16-24)12-19-8-4-5-9-22(19)29/h1-9,20-21,28-29H,10-17H2/t20-,21+/m0/s1. The molecule has 1 spiro atoms.